The third kappa shape index (κ3) is 25.3. The van der Waals surface area contributed by atoms with Crippen LogP contribution in [0, 0.1) is 0 Å². The van der Waals surface area contributed by atoms with Gasteiger partial charge >= 0.3 is 6.18 Å². The maximum atomic E-state index is 10.9. The Balaban J connectivity index is 0. The van der Waals surface area contributed by atoms with Crippen LogP contribution in [0.5, 0.6) is 0 Å². The number of halogens is 4. The maximum Gasteiger partial charge on any atom is 0.411 e. The molecule has 0 fully saturated rings. The van der Waals surface area contributed by atoms with E-state index in [0.29, 0.717) is 0 Å². The van der Waals surface area contributed by atoms with Gasteiger partial charge in [-0.15, -0.1) is 0 Å². The Kier molecular flexibility index (Phi) is 8.40. The summed E-state index contributed by atoms with van der Waals surface area (Å²) in [6, 6.07) is 0. The SMILES string of the molecule is CCF.COCC(F)(F)F. The van der Waals surface area contributed by atoms with Crippen molar-refractivity contribution in [1.82, 2.24) is 0 Å². The minimum Gasteiger partial charge on any atom is -0.375 e. The van der Waals surface area contributed by atoms with E-state index in [-0.39, 0.29) is 6.67 Å². The lowest BCUT2D eigenvalue weighted by molar-refractivity contribution is -0.167. The van der Waals surface area contributed by atoms with Crippen molar-refractivity contribution in [3.8, 4) is 0 Å². The van der Waals surface area contributed by atoms with E-state index in [4.69, 9.17) is 0 Å². The molecular formula is C5H10F4O. The van der Waals surface area contributed by atoms with E-state index < -0.39 is 12.8 Å². The summed E-state index contributed by atoms with van der Waals surface area (Å²) in [5.41, 5.74) is 0. The van der Waals surface area contributed by atoms with Crippen LogP contribution in [0.1, 0.15) is 6.92 Å². The number of methoxy groups -OCH3 is 1. The second-order valence-electron chi connectivity index (χ2n) is 1.32. The molecule has 5 heteroatoms. The first-order valence-corrected chi connectivity index (χ1v) is 2.59. The summed E-state index contributed by atoms with van der Waals surface area (Å²) in [7, 11) is 1.01. The zero-order chi connectivity index (χ0) is 8.62. The molecule has 0 rings (SSSR count). The standard InChI is InChI=1S/C3H5F3O.C2H5F/c1-7-2-3(4,5)6;1-2-3/h2H2,1H3;2H2,1H3. The van der Waals surface area contributed by atoms with E-state index in [1.54, 1.807) is 0 Å². The van der Waals surface area contributed by atoms with Crippen molar-refractivity contribution in [2.75, 3.05) is 20.4 Å². The molecule has 0 aliphatic rings. The van der Waals surface area contributed by atoms with Gasteiger partial charge in [-0.2, -0.15) is 13.2 Å². The van der Waals surface area contributed by atoms with Gasteiger partial charge in [0.15, 0.2) is 0 Å². The second-order valence-corrected chi connectivity index (χ2v) is 1.32. The lowest BCUT2D eigenvalue weighted by atomic mass is 10.7. The molecule has 0 saturated heterocycles. The topological polar surface area (TPSA) is 9.23 Å². The van der Waals surface area contributed by atoms with Gasteiger partial charge in [-0.3, -0.25) is 4.39 Å². The Labute approximate surface area is 57.0 Å². The van der Waals surface area contributed by atoms with Crippen molar-refractivity contribution >= 4 is 0 Å². The molecule has 0 amide bonds. The van der Waals surface area contributed by atoms with Crippen LogP contribution >= 0.6 is 0 Å². The van der Waals surface area contributed by atoms with Crippen LogP contribution in [-0.2, 0) is 4.74 Å². The Morgan fingerprint density at radius 1 is 1.30 bits per heavy atom. The molecule has 0 aromatic carbocycles. The number of hydrogen-bond acceptors (Lipinski definition) is 1. The van der Waals surface area contributed by atoms with Crippen molar-refractivity contribution in [1.29, 1.82) is 0 Å². The third-order valence-corrected chi connectivity index (χ3v) is 0.308. The van der Waals surface area contributed by atoms with Gasteiger partial charge in [-0.1, -0.05) is 0 Å². The summed E-state index contributed by atoms with van der Waals surface area (Å²) in [6.07, 6.45) is -4.17. The molecule has 0 heterocycles. The highest BCUT2D eigenvalue weighted by Gasteiger charge is 2.26. The lowest BCUT2D eigenvalue weighted by Gasteiger charge is -2.01. The largest absolute Gasteiger partial charge is 0.411 e. The quantitative estimate of drug-likeness (QED) is 0.537. The molecule has 0 aromatic rings. The van der Waals surface area contributed by atoms with Gasteiger partial charge in [0.05, 0.1) is 6.67 Å². The summed E-state index contributed by atoms with van der Waals surface area (Å²) in [4.78, 5) is 0. The summed E-state index contributed by atoms with van der Waals surface area (Å²) < 4.78 is 46.9. The summed E-state index contributed by atoms with van der Waals surface area (Å²) >= 11 is 0. The zero-order valence-corrected chi connectivity index (χ0v) is 5.83. The molecule has 0 spiro atoms. The van der Waals surface area contributed by atoms with Gasteiger partial charge < -0.3 is 4.74 Å². The smallest absolute Gasteiger partial charge is 0.375 e. The first kappa shape index (κ1) is 12.4. The highest BCUT2D eigenvalue weighted by molar-refractivity contribution is 4.41. The van der Waals surface area contributed by atoms with E-state index in [9.17, 15) is 17.6 Å². The number of hydrogen-bond donors (Lipinski definition) is 0. The highest BCUT2D eigenvalue weighted by atomic mass is 19.4. The molecule has 0 unspecified atom stereocenters. The van der Waals surface area contributed by atoms with E-state index in [1.807, 2.05) is 0 Å². The van der Waals surface area contributed by atoms with Crippen molar-refractivity contribution in [2.45, 2.75) is 13.1 Å². The summed E-state index contributed by atoms with van der Waals surface area (Å²) in [5.74, 6) is 0. The molecule has 0 aliphatic heterocycles. The average Bonchev–Trinajstić information content (AvgIpc) is 1.63. The lowest BCUT2D eigenvalue weighted by Crippen LogP contribution is -2.14. The van der Waals surface area contributed by atoms with Crippen LogP contribution in [0.4, 0.5) is 17.6 Å². The zero-order valence-electron chi connectivity index (χ0n) is 5.83. The molecule has 0 saturated carbocycles. The number of alkyl halides is 4. The fraction of sp³-hybridized carbons (Fsp3) is 1.00. The van der Waals surface area contributed by atoms with Gasteiger partial charge in [0.1, 0.15) is 6.61 Å². The number of ether oxygens (including phenoxy) is 1. The van der Waals surface area contributed by atoms with Crippen LogP contribution in [0.15, 0.2) is 0 Å². The van der Waals surface area contributed by atoms with Crippen LogP contribution in [0.25, 0.3) is 0 Å². The van der Waals surface area contributed by atoms with Gasteiger partial charge in [0.2, 0.25) is 0 Å². The minimum absolute atomic E-state index is 0.250. The van der Waals surface area contributed by atoms with Crippen molar-refractivity contribution in [3.05, 3.63) is 0 Å². The van der Waals surface area contributed by atoms with E-state index in [2.05, 4.69) is 4.74 Å². The molecule has 0 radical (unpaired) electrons. The fourth-order valence-corrected chi connectivity index (χ4v) is 0.164. The van der Waals surface area contributed by atoms with Gasteiger partial charge in [0, 0.05) is 7.11 Å². The monoisotopic (exact) mass is 162 g/mol. The highest BCUT2D eigenvalue weighted by Crippen LogP contribution is 2.13. The van der Waals surface area contributed by atoms with Crippen molar-refractivity contribution < 1.29 is 22.3 Å². The minimum atomic E-state index is -4.17. The normalized spacial score (nSPS) is 10.2. The molecule has 1 nitrogen and oxygen atoms in total. The van der Waals surface area contributed by atoms with Crippen LogP contribution in [-0.4, -0.2) is 26.6 Å². The average molecular weight is 162 g/mol. The Bertz CT molecular complexity index is 61.2. The van der Waals surface area contributed by atoms with Crippen LogP contribution in [0.2, 0.25) is 0 Å². The van der Waals surface area contributed by atoms with E-state index in [1.165, 1.54) is 6.92 Å². The van der Waals surface area contributed by atoms with Crippen molar-refractivity contribution in [2.24, 2.45) is 0 Å². The second kappa shape index (κ2) is 6.80. The first-order valence-electron chi connectivity index (χ1n) is 2.59. The maximum absolute atomic E-state index is 10.9. The fourth-order valence-electron chi connectivity index (χ4n) is 0.164. The Hall–Kier alpha value is -0.320. The molecule has 0 aromatic heterocycles. The Morgan fingerprint density at radius 3 is 1.60 bits per heavy atom. The molecule has 10 heavy (non-hydrogen) atoms. The Morgan fingerprint density at radius 2 is 1.60 bits per heavy atom. The third-order valence-electron chi connectivity index (χ3n) is 0.308. The predicted octanol–water partition coefficient (Wildman–Crippen LogP) is 2.17. The molecule has 0 aliphatic carbocycles. The molecular weight excluding hydrogens is 152 g/mol. The molecule has 64 valence electrons. The predicted molar refractivity (Wildman–Crippen MR) is 29.6 cm³/mol. The van der Waals surface area contributed by atoms with Crippen LogP contribution in [0.3, 0.4) is 0 Å². The van der Waals surface area contributed by atoms with E-state index >= 15 is 0 Å². The van der Waals surface area contributed by atoms with Gasteiger partial charge in [0.25, 0.3) is 0 Å². The van der Waals surface area contributed by atoms with E-state index in [0.717, 1.165) is 7.11 Å². The summed E-state index contributed by atoms with van der Waals surface area (Å²) in [6.45, 7) is 0.0486. The van der Waals surface area contributed by atoms with Gasteiger partial charge in [-0.25, -0.2) is 0 Å². The first-order chi connectivity index (χ1) is 4.47. The molecule has 0 bridgehead atoms. The van der Waals surface area contributed by atoms with Crippen molar-refractivity contribution in [3.63, 3.8) is 0 Å². The molecule has 0 N–H and O–H groups in total. The van der Waals surface area contributed by atoms with Gasteiger partial charge in [-0.05, 0) is 6.92 Å². The number of rotatable bonds is 1. The van der Waals surface area contributed by atoms with Crippen LogP contribution < -0.4 is 0 Å². The molecule has 0 atom stereocenters. The summed E-state index contributed by atoms with van der Waals surface area (Å²) in [5, 5.41) is 0.